The van der Waals surface area contributed by atoms with E-state index in [4.69, 9.17) is 0 Å². The van der Waals surface area contributed by atoms with Crippen LogP contribution in [0.4, 0.5) is 4.39 Å². The van der Waals surface area contributed by atoms with Gasteiger partial charge in [-0.25, -0.2) is 4.39 Å². The first-order valence-corrected chi connectivity index (χ1v) is 7.33. The minimum absolute atomic E-state index is 0.0250. The number of piperidine rings is 1. The van der Waals surface area contributed by atoms with Crippen LogP contribution in [0.15, 0.2) is 11.9 Å². The van der Waals surface area contributed by atoms with Crippen LogP contribution in [-0.2, 0) is 0 Å². The summed E-state index contributed by atoms with van der Waals surface area (Å²) in [6.07, 6.45) is 4.55. The summed E-state index contributed by atoms with van der Waals surface area (Å²) in [7, 11) is 0. The molecule has 0 aliphatic carbocycles. The predicted molar refractivity (Wildman–Crippen MR) is 78.8 cm³/mol. The van der Waals surface area contributed by atoms with Gasteiger partial charge in [0.1, 0.15) is 5.83 Å². The number of likely N-dealkylation sites (tertiary alicyclic amines) is 1. The van der Waals surface area contributed by atoms with Crippen LogP contribution in [0, 0.1) is 19.8 Å². The Labute approximate surface area is 115 Å². The largest absolute Gasteiger partial charge is 0.362 e. The Hall–Kier alpha value is -1.09. The molecule has 0 saturated carbocycles. The van der Waals surface area contributed by atoms with Gasteiger partial charge in [-0.2, -0.15) is 0 Å². The standard InChI is InChI=1S/C16H25FN2/c1-4-19-7-5-14(6-8-19)10-16(17)11-15-9-12(2)18-13(15)3/h9,11,14,18H,4-8,10H2,1-3H3/b16-11+. The predicted octanol–water partition coefficient (Wildman–Crippen LogP) is 4.06. The number of hydrogen-bond acceptors (Lipinski definition) is 1. The molecule has 1 N–H and O–H groups in total. The van der Waals surface area contributed by atoms with Crippen LogP contribution >= 0.6 is 0 Å². The molecule has 0 aromatic carbocycles. The first-order chi connectivity index (χ1) is 9.08. The lowest BCUT2D eigenvalue weighted by Crippen LogP contribution is -2.33. The van der Waals surface area contributed by atoms with E-state index in [1.54, 1.807) is 6.08 Å². The first-order valence-electron chi connectivity index (χ1n) is 7.33. The summed E-state index contributed by atoms with van der Waals surface area (Å²) in [5.74, 6) is 0.538. The quantitative estimate of drug-likeness (QED) is 0.868. The Balaban J connectivity index is 1.91. The van der Waals surface area contributed by atoms with E-state index < -0.39 is 0 Å². The first kappa shape index (κ1) is 14.3. The van der Waals surface area contributed by atoms with Gasteiger partial charge in [0, 0.05) is 17.8 Å². The number of halogens is 1. The molecule has 0 amide bonds. The lowest BCUT2D eigenvalue weighted by Gasteiger charge is -2.30. The molecule has 1 saturated heterocycles. The molecule has 2 rings (SSSR count). The van der Waals surface area contributed by atoms with E-state index in [-0.39, 0.29) is 5.83 Å². The van der Waals surface area contributed by atoms with Crippen molar-refractivity contribution in [2.75, 3.05) is 19.6 Å². The molecule has 3 heteroatoms. The monoisotopic (exact) mass is 264 g/mol. The second-order valence-corrected chi connectivity index (χ2v) is 5.71. The van der Waals surface area contributed by atoms with E-state index >= 15 is 0 Å². The van der Waals surface area contributed by atoms with Gasteiger partial charge in [-0.15, -0.1) is 0 Å². The van der Waals surface area contributed by atoms with Crippen molar-refractivity contribution in [3.63, 3.8) is 0 Å². The molecule has 19 heavy (non-hydrogen) atoms. The normalized spacial score (nSPS) is 19.1. The van der Waals surface area contributed by atoms with Crippen LogP contribution in [0.5, 0.6) is 0 Å². The van der Waals surface area contributed by atoms with Crippen molar-refractivity contribution in [3.8, 4) is 0 Å². The van der Waals surface area contributed by atoms with Crippen molar-refractivity contribution in [1.29, 1.82) is 0 Å². The molecule has 1 aromatic heterocycles. The van der Waals surface area contributed by atoms with Gasteiger partial charge < -0.3 is 9.88 Å². The zero-order valence-corrected chi connectivity index (χ0v) is 12.3. The Bertz CT molecular complexity index is 440. The van der Waals surface area contributed by atoms with Crippen LogP contribution in [-0.4, -0.2) is 29.5 Å². The third-order valence-corrected chi connectivity index (χ3v) is 4.14. The fourth-order valence-corrected chi connectivity index (χ4v) is 2.91. The summed E-state index contributed by atoms with van der Waals surface area (Å²) in [4.78, 5) is 5.65. The fraction of sp³-hybridized carbons (Fsp3) is 0.625. The second-order valence-electron chi connectivity index (χ2n) is 5.71. The number of rotatable bonds is 4. The van der Waals surface area contributed by atoms with Crippen molar-refractivity contribution in [2.45, 2.75) is 40.0 Å². The third-order valence-electron chi connectivity index (χ3n) is 4.14. The van der Waals surface area contributed by atoms with Crippen LogP contribution < -0.4 is 0 Å². The topological polar surface area (TPSA) is 19.0 Å². The maximum atomic E-state index is 14.1. The molecule has 106 valence electrons. The Morgan fingerprint density at radius 1 is 1.42 bits per heavy atom. The summed E-state index contributed by atoms with van der Waals surface area (Å²) >= 11 is 0. The van der Waals surface area contributed by atoms with Crippen molar-refractivity contribution in [2.24, 2.45) is 5.92 Å². The Kier molecular flexibility index (Phi) is 4.81. The smallest absolute Gasteiger partial charge is 0.101 e. The van der Waals surface area contributed by atoms with Gasteiger partial charge >= 0.3 is 0 Å². The van der Waals surface area contributed by atoms with Crippen molar-refractivity contribution >= 4 is 6.08 Å². The van der Waals surface area contributed by atoms with Crippen LogP contribution in [0.25, 0.3) is 6.08 Å². The van der Waals surface area contributed by atoms with Gasteiger partial charge in [0.15, 0.2) is 0 Å². The van der Waals surface area contributed by atoms with Crippen LogP contribution in [0.1, 0.15) is 43.1 Å². The van der Waals surface area contributed by atoms with E-state index in [2.05, 4.69) is 16.8 Å². The van der Waals surface area contributed by atoms with Gasteiger partial charge in [-0.05, 0) is 69.9 Å². The molecule has 0 spiro atoms. The number of H-pyrrole nitrogens is 1. The van der Waals surface area contributed by atoms with E-state index in [0.717, 1.165) is 49.4 Å². The average molecular weight is 264 g/mol. The third kappa shape index (κ3) is 3.93. The summed E-state index contributed by atoms with van der Waals surface area (Å²) in [5.41, 5.74) is 3.13. The van der Waals surface area contributed by atoms with Gasteiger partial charge in [0.05, 0.1) is 0 Å². The van der Waals surface area contributed by atoms with E-state index in [9.17, 15) is 4.39 Å². The highest BCUT2D eigenvalue weighted by atomic mass is 19.1. The molecule has 1 aliphatic heterocycles. The Morgan fingerprint density at radius 3 is 2.63 bits per heavy atom. The van der Waals surface area contributed by atoms with E-state index in [1.165, 1.54) is 0 Å². The van der Waals surface area contributed by atoms with Gasteiger partial charge in [0.2, 0.25) is 0 Å². The number of nitrogens with zero attached hydrogens (tertiary/aromatic N) is 1. The number of allylic oxidation sites excluding steroid dienone is 1. The Morgan fingerprint density at radius 2 is 2.11 bits per heavy atom. The average Bonchev–Trinajstić information content (AvgIpc) is 2.68. The summed E-state index contributed by atoms with van der Waals surface area (Å²) < 4.78 is 14.1. The molecule has 0 radical (unpaired) electrons. The van der Waals surface area contributed by atoms with Crippen LogP contribution in [0.3, 0.4) is 0 Å². The second kappa shape index (κ2) is 6.38. The summed E-state index contributed by atoms with van der Waals surface area (Å²) in [5, 5.41) is 0. The number of nitrogens with one attached hydrogen (secondary N) is 1. The van der Waals surface area contributed by atoms with E-state index in [1.807, 2.05) is 19.9 Å². The van der Waals surface area contributed by atoms with Crippen molar-refractivity contribution in [1.82, 2.24) is 9.88 Å². The van der Waals surface area contributed by atoms with Gasteiger partial charge in [-0.1, -0.05) is 6.92 Å². The molecule has 0 atom stereocenters. The molecular weight excluding hydrogens is 239 g/mol. The number of aromatic amines is 1. The highest BCUT2D eigenvalue weighted by molar-refractivity contribution is 5.54. The lowest BCUT2D eigenvalue weighted by molar-refractivity contribution is 0.188. The molecule has 1 aromatic rings. The maximum absolute atomic E-state index is 14.1. The molecule has 1 fully saturated rings. The van der Waals surface area contributed by atoms with Crippen LogP contribution in [0.2, 0.25) is 0 Å². The number of aryl methyl sites for hydroxylation is 2. The SMILES string of the molecule is CCN1CCC(C/C(F)=C\c2cc(C)[nH]c2C)CC1. The highest BCUT2D eigenvalue weighted by Gasteiger charge is 2.19. The zero-order chi connectivity index (χ0) is 13.8. The molecule has 2 nitrogen and oxygen atoms in total. The maximum Gasteiger partial charge on any atom is 0.101 e. The van der Waals surface area contributed by atoms with E-state index in [0.29, 0.717) is 12.3 Å². The molecule has 0 bridgehead atoms. The zero-order valence-electron chi connectivity index (χ0n) is 12.3. The number of hydrogen-bond donors (Lipinski definition) is 1. The number of aromatic nitrogens is 1. The van der Waals surface area contributed by atoms with Crippen molar-refractivity contribution < 1.29 is 4.39 Å². The fourth-order valence-electron chi connectivity index (χ4n) is 2.91. The molecule has 2 heterocycles. The summed E-state index contributed by atoms with van der Waals surface area (Å²) in [6, 6.07) is 2.01. The lowest BCUT2D eigenvalue weighted by atomic mass is 9.92. The van der Waals surface area contributed by atoms with Gasteiger partial charge in [-0.3, -0.25) is 0 Å². The minimum Gasteiger partial charge on any atom is -0.362 e. The molecular formula is C16H25FN2. The highest BCUT2D eigenvalue weighted by Crippen LogP contribution is 2.26. The van der Waals surface area contributed by atoms with Crippen molar-refractivity contribution in [3.05, 3.63) is 28.8 Å². The molecule has 1 aliphatic rings. The van der Waals surface area contributed by atoms with Gasteiger partial charge in [0.25, 0.3) is 0 Å². The minimum atomic E-state index is 0.0250. The summed E-state index contributed by atoms with van der Waals surface area (Å²) in [6.45, 7) is 9.55. The molecule has 0 unspecified atom stereocenters.